The van der Waals surface area contributed by atoms with Gasteiger partial charge in [0.1, 0.15) is 7.11 Å². The van der Waals surface area contributed by atoms with E-state index in [1.54, 1.807) is 13.2 Å². The molecule has 0 aliphatic rings. The average molecular weight is 336 g/mol. The maximum Gasteiger partial charge on any atom is 0.106 e. The van der Waals surface area contributed by atoms with Gasteiger partial charge in [-0.15, -0.1) is 0 Å². The van der Waals surface area contributed by atoms with E-state index in [0.717, 1.165) is 37.0 Å². The Morgan fingerprint density at radius 3 is 2.45 bits per heavy atom. The van der Waals surface area contributed by atoms with Crippen molar-refractivity contribution in [1.29, 1.82) is 0 Å². The molecule has 0 fully saturated rings. The second-order valence-corrected chi connectivity index (χ2v) is 5.86. The molecule has 2 aromatic carbocycles. The summed E-state index contributed by atoms with van der Waals surface area (Å²) in [7, 11) is 1.56. The van der Waals surface area contributed by atoms with Crippen LogP contribution in [0.25, 0.3) is 0 Å². The number of nitrogens with zero attached hydrogens (tertiary/aromatic N) is 1. The summed E-state index contributed by atoms with van der Waals surface area (Å²) in [6.07, 6.45) is 4.06. The van der Waals surface area contributed by atoms with E-state index in [4.69, 9.17) is 28.0 Å². The second-order valence-electron chi connectivity index (χ2n) is 5.04. The molecule has 0 spiro atoms. The number of hydrogen-bond donors (Lipinski definition) is 0. The molecule has 0 saturated heterocycles. The maximum atomic E-state index is 6.07. The topological polar surface area (TPSA) is 21.6 Å². The molecule has 2 rings (SSSR count). The smallest absolute Gasteiger partial charge is 0.106 e. The fourth-order valence-corrected chi connectivity index (χ4v) is 2.59. The Kier molecular flexibility index (Phi) is 6.75. The fourth-order valence-electron chi connectivity index (χ4n) is 2.29. The zero-order valence-electron chi connectivity index (χ0n) is 12.6. The molecule has 0 heterocycles. The van der Waals surface area contributed by atoms with E-state index in [1.807, 2.05) is 18.2 Å². The Morgan fingerprint density at radius 1 is 1.00 bits per heavy atom. The maximum absolute atomic E-state index is 6.07. The predicted molar refractivity (Wildman–Crippen MR) is 94.0 cm³/mol. The lowest BCUT2D eigenvalue weighted by atomic mass is 10.0. The number of halogens is 2. The van der Waals surface area contributed by atoms with Gasteiger partial charge in [0.05, 0.1) is 15.8 Å². The van der Waals surface area contributed by atoms with Crippen LogP contribution in [0.1, 0.15) is 30.4 Å². The van der Waals surface area contributed by atoms with Crippen LogP contribution < -0.4 is 0 Å². The minimum Gasteiger partial charge on any atom is -0.399 e. The Labute approximate surface area is 141 Å². The quantitative estimate of drug-likeness (QED) is 0.358. The second kappa shape index (κ2) is 8.82. The van der Waals surface area contributed by atoms with Crippen LogP contribution in [0.15, 0.2) is 53.7 Å². The average Bonchev–Trinajstić information content (AvgIpc) is 2.54. The molecule has 116 valence electrons. The predicted octanol–water partition coefficient (Wildman–Crippen LogP) is 5.76. The lowest BCUT2D eigenvalue weighted by Crippen LogP contribution is -2.02. The molecule has 0 amide bonds. The van der Waals surface area contributed by atoms with Gasteiger partial charge in [-0.1, -0.05) is 64.8 Å². The van der Waals surface area contributed by atoms with Gasteiger partial charge < -0.3 is 4.84 Å². The molecule has 22 heavy (non-hydrogen) atoms. The van der Waals surface area contributed by atoms with E-state index in [0.29, 0.717) is 10.0 Å². The van der Waals surface area contributed by atoms with Crippen LogP contribution in [0.3, 0.4) is 0 Å². The third-order valence-electron chi connectivity index (χ3n) is 3.43. The van der Waals surface area contributed by atoms with Crippen molar-refractivity contribution in [1.82, 2.24) is 0 Å². The number of unbranched alkanes of at least 4 members (excludes halogenated alkanes) is 1. The first-order chi connectivity index (χ1) is 10.7. The van der Waals surface area contributed by atoms with Crippen molar-refractivity contribution in [3.8, 4) is 0 Å². The van der Waals surface area contributed by atoms with Crippen molar-refractivity contribution in [3.63, 3.8) is 0 Å². The van der Waals surface area contributed by atoms with Crippen molar-refractivity contribution in [2.75, 3.05) is 7.11 Å². The summed E-state index contributed by atoms with van der Waals surface area (Å²) in [6.45, 7) is 0. The first kappa shape index (κ1) is 16.9. The van der Waals surface area contributed by atoms with Gasteiger partial charge in [0.2, 0.25) is 0 Å². The van der Waals surface area contributed by atoms with Crippen LogP contribution in [0.2, 0.25) is 10.0 Å². The van der Waals surface area contributed by atoms with E-state index in [1.165, 1.54) is 5.56 Å². The van der Waals surface area contributed by atoms with Crippen molar-refractivity contribution in [2.45, 2.75) is 25.7 Å². The van der Waals surface area contributed by atoms with Crippen molar-refractivity contribution >= 4 is 28.9 Å². The SMILES string of the molecule is CO/N=C(\CCCCc1ccccc1)c1ccc(Cl)c(Cl)c1. The summed E-state index contributed by atoms with van der Waals surface area (Å²) in [6, 6.07) is 16.0. The summed E-state index contributed by atoms with van der Waals surface area (Å²) >= 11 is 12.0. The highest BCUT2D eigenvalue weighted by atomic mass is 35.5. The molecule has 0 bridgehead atoms. The molecule has 0 atom stereocenters. The van der Waals surface area contributed by atoms with E-state index >= 15 is 0 Å². The number of rotatable bonds is 7. The number of benzene rings is 2. The van der Waals surface area contributed by atoms with Gasteiger partial charge in [-0.05, 0) is 43.4 Å². The highest BCUT2D eigenvalue weighted by Gasteiger charge is 2.07. The lowest BCUT2D eigenvalue weighted by molar-refractivity contribution is 0.212. The lowest BCUT2D eigenvalue weighted by Gasteiger charge is -2.07. The zero-order chi connectivity index (χ0) is 15.8. The molecule has 2 aromatic rings. The van der Waals surface area contributed by atoms with Gasteiger partial charge in [-0.2, -0.15) is 0 Å². The Bertz CT molecular complexity index is 626. The highest BCUT2D eigenvalue weighted by Crippen LogP contribution is 2.24. The molecule has 0 aliphatic heterocycles. The third kappa shape index (κ3) is 5.04. The van der Waals surface area contributed by atoms with Crippen LogP contribution >= 0.6 is 23.2 Å². The normalized spacial score (nSPS) is 11.5. The largest absolute Gasteiger partial charge is 0.399 e. The highest BCUT2D eigenvalue weighted by molar-refractivity contribution is 6.42. The third-order valence-corrected chi connectivity index (χ3v) is 4.17. The Morgan fingerprint density at radius 2 is 1.77 bits per heavy atom. The molecule has 4 heteroatoms. The Balaban J connectivity index is 1.92. The molecular formula is C18H19Cl2NO. The van der Waals surface area contributed by atoms with Crippen LogP contribution in [-0.2, 0) is 11.3 Å². The number of oxime groups is 1. The van der Waals surface area contributed by atoms with E-state index in [2.05, 4.69) is 29.4 Å². The first-order valence-corrected chi connectivity index (χ1v) is 8.05. The van der Waals surface area contributed by atoms with Gasteiger partial charge in [0.25, 0.3) is 0 Å². The standard InChI is InChI=1S/C18H19Cl2NO/c1-22-21-18(15-11-12-16(19)17(20)13-15)10-6-5-9-14-7-3-2-4-8-14/h2-4,7-8,11-13H,5-6,9-10H2,1H3/b21-18+. The molecule has 0 unspecified atom stereocenters. The molecule has 0 aliphatic carbocycles. The summed E-state index contributed by atoms with van der Waals surface area (Å²) in [4.78, 5) is 4.96. The summed E-state index contributed by atoms with van der Waals surface area (Å²) in [5.74, 6) is 0. The van der Waals surface area contributed by atoms with Crippen LogP contribution in [0.5, 0.6) is 0 Å². The van der Waals surface area contributed by atoms with Crippen LogP contribution in [0.4, 0.5) is 0 Å². The minimum atomic E-state index is 0.534. The molecule has 0 aromatic heterocycles. The van der Waals surface area contributed by atoms with Gasteiger partial charge in [-0.25, -0.2) is 0 Å². The summed E-state index contributed by atoms with van der Waals surface area (Å²) in [5.41, 5.74) is 3.22. The molecule has 0 N–H and O–H groups in total. The van der Waals surface area contributed by atoms with Gasteiger partial charge in [-0.3, -0.25) is 0 Å². The van der Waals surface area contributed by atoms with E-state index in [9.17, 15) is 0 Å². The molecular weight excluding hydrogens is 317 g/mol. The molecule has 0 saturated carbocycles. The van der Waals surface area contributed by atoms with Crippen LogP contribution in [-0.4, -0.2) is 12.8 Å². The summed E-state index contributed by atoms with van der Waals surface area (Å²) in [5, 5.41) is 5.21. The first-order valence-electron chi connectivity index (χ1n) is 7.30. The zero-order valence-corrected chi connectivity index (χ0v) is 14.1. The summed E-state index contributed by atoms with van der Waals surface area (Å²) < 4.78 is 0. The van der Waals surface area contributed by atoms with Gasteiger partial charge in [0.15, 0.2) is 0 Å². The minimum absolute atomic E-state index is 0.534. The van der Waals surface area contributed by atoms with Crippen molar-refractivity contribution in [3.05, 3.63) is 69.7 Å². The fraction of sp³-hybridized carbons (Fsp3) is 0.278. The van der Waals surface area contributed by atoms with Gasteiger partial charge in [0, 0.05) is 5.56 Å². The van der Waals surface area contributed by atoms with Gasteiger partial charge >= 0.3 is 0 Å². The molecule has 2 nitrogen and oxygen atoms in total. The molecule has 0 radical (unpaired) electrons. The number of aryl methyl sites for hydroxylation is 1. The van der Waals surface area contributed by atoms with E-state index < -0.39 is 0 Å². The van der Waals surface area contributed by atoms with Crippen molar-refractivity contribution < 1.29 is 4.84 Å². The van der Waals surface area contributed by atoms with E-state index in [-0.39, 0.29) is 0 Å². The number of hydrogen-bond acceptors (Lipinski definition) is 2. The van der Waals surface area contributed by atoms with Crippen molar-refractivity contribution in [2.24, 2.45) is 5.16 Å². The Hall–Kier alpha value is -1.51. The van der Waals surface area contributed by atoms with Crippen LogP contribution in [0, 0.1) is 0 Å². The monoisotopic (exact) mass is 335 g/mol.